The summed E-state index contributed by atoms with van der Waals surface area (Å²) in [4.78, 5) is 0. The van der Waals surface area contributed by atoms with Gasteiger partial charge in [0.25, 0.3) is 0 Å². The highest BCUT2D eigenvalue weighted by Gasteiger charge is 2.02. The Kier molecular flexibility index (Phi) is 15.9. The fourth-order valence-electron chi connectivity index (χ4n) is 2.47. The molecule has 0 heterocycles. The molecule has 0 aromatic heterocycles. The molecule has 19 heavy (non-hydrogen) atoms. The molecule has 116 valence electrons. The van der Waals surface area contributed by atoms with E-state index in [1.54, 1.807) is 0 Å². The van der Waals surface area contributed by atoms with E-state index in [0.717, 1.165) is 12.8 Å². The zero-order valence-corrected chi connectivity index (χ0v) is 13.0. The summed E-state index contributed by atoms with van der Waals surface area (Å²) < 4.78 is 12.7. The molecule has 2 heteroatoms. The number of rotatable bonds is 15. The molecule has 0 aliphatic heterocycles. The average molecular weight is 274 g/mol. The maximum Gasteiger partial charge on any atom is 0.123 e. The van der Waals surface area contributed by atoms with Gasteiger partial charge in [-0.25, -0.2) is 4.39 Å². The van der Waals surface area contributed by atoms with Crippen molar-refractivity contribution in [2.24, 2.45) is 0 Å². The predicted octanol–water partition coefficient (Wildman–Crippen LogP) is 5.80. The van der Waals surface area contributed by atoms with Crippen molar-refractivity contribution >= 4 is 0 Å². The van der Waals surface area contributed by atoms with E-state index < -0.39 is 6.17 Å². The monoisotopic (exact) mass is 274 g/mol. The van der Waals surface area contributed by atoms with Crippen LogP contribution in [0.15, 0.2) is 0 Å². The molecule has 0 saturated carbocycles. The first kappa shape index (κ1) is 18.9. The minimum absolute atomic E-state index is 0.307. The molecule has 0 aliphatic rings. The van der Waals surface area contributed by atoms with Crippen molar-refractivity contribution in [1.29, 1.82) is 0 Å². The van der Waals surface area contributed by atoms with Crippen molar-refractivity contribution < 1.29 is 9.50 Å². The third-order valence-electron chi connectivity index (χ3n) is 3.82. The first-order valence-electron chi connectivity index (χ1n) is 8.56. The van der Waals surface area contributed by atoms with Crippen LogP contribution >= 0.6 is 0 Å². The van der Waals surface area contributed by atoms with Crippen LogP contribution < -0.4 is 0 Å². The molecule has 1 atom stereocenters. The molecule has 0 bridgehead atoms. The third kappa shape index (κ3) is 15.8. The molecular weight excluding hydrogens is 239 g/mol. The highest BCUT2D eigenvalue weighted by molar-refractivity contribution is 4.54. The van der Waals surface area contributed by atoms with Crippen LogP contribution in [0.1, 0.15) is 96.8 Å². The standard InChI is InChI=1S/C17H35FO/c1-2-3-4-5-6-7-8-9-10-11-12-13-14-15-17(18)16-19/h17,19H,2-16H2,1H3. The lowest BCUT2D eigenvalue weighted by Gasteiger charge is -2.04. The van der Waals surface area contributed by atoms with Gasteiger partial charge in [-0.1, -0.05) is 90.4 Å². The van der Waals surface area contributed by atoms with Crippen molar-refractivity contribution in [3.05, 3.63) is 0 Å². The van der Waals surface area contributed by atoms with Crippen molar-refractivity contribution in [3.8, 4) is 0 Å². The predicted molar refractivity (Wildman–Crippen MR) is 82.3 cm³/mol. The summed E-state index contributed by atoms with van der Waals surface area (Å²) in [5, 5.41) is 8.55. The summed E-state index contributed by atoms with van der Waals surface area (Å²) in [6.45, 7) is 1.95. The Balaban J connectivity index is 2.95. The van der Waals surface area contributed by atoms with Gasteiger partial charge in [0.1, 0.15) is 6.17 Å². The molecule has 0 aromatic rings. The minimum atomic E-state index is -0.993. The van der Waals surface area contributed by atoms with E-state index in [4.69, 9.17) is 5.11 Å². The molecule has 0 fully saturated rings. The molecule has 0 rings (SSSR count). The largest absolute Gasteiger partial charge is 0.393 e. The molecule has 0 radical (unpaired) electrons. The number of alkyl halides is 1. The zero-order valence-electron chi connectivity index (χ0n) is 13.0. The number of hydrogen-bond acceptors (Lipinski definition) is 1. The van der Waals surface area contributed by atoms with Gasteiger partial charge in [-0.15, -0.1) is 0 Å². The van der Waals surface area contributed by atoms with Crippen LogP contribution in [0.4, 0.5) is 4.39 Å². The van der Waals surface area contributed by atoms with Gasteiger partial charge in [0.15, 0.2) is 0 Å². The summed E-state index contributed by atoms with van der Waals surface area (Å²) in [5.41, 5.74) is 0. The van der Waals surface area contributed by atoms with Gasteiger partial charge in [-0.2, -0.15) is 0 Å². The van der Waals surface area contributed by atoms with Gasteiger partial charge in [0, 0.05) is 0 Å². The SMILES string of the molecule is CCCCCCCCCCCCCCCC(F)CO. The van der Waals surface area contributed by atoms with Crippen LogP contribution in [0.25, 0.3) is 0 Å². The van der Waals surface area contributed by atoms with Gasteiger partial charge in [-0.3, -0.25) is 0 Å². The Morgan fingerprint density at radius 2 is 1.05 bits per heavy atom. The molecule has 1 nitrogen and oxygen atoms in total. The molecule has 1 unspecified atom stereocenters. The summed E-state index contributed by atoms with van der Waals surface area (Å²) in [7, 11) is 0. The van der Waals surface area contributed by atoms with Gasteiger partial charge in [-0.05, 0) is 6.42 Å². The van der Waals surface area contributed by atoms with Crippen molar-refractivity contribution in [2.75, 3.05) is 6.61 Å². The molecular formula is C17H35FO. The average Bonchev–Trinajstić information content (AvgIpc) is 2.43. The van der Waals surface area contributed by atoms with Crippen molar-refractivity contribution in [3.63, 3.8) is 0 Å². The smallest absolute Gasteiger partial charge is 0.123 e. The number of unbranched alkanes of at least 4 members (excludes halogenated alkanes) is 12. The van der Waals surface area contributed by atoms with E-state index in [1.165, 1.54) is 70.6 Å². The Hall–Kier alpha value is -0.110. The Labute approximate surface area is 120 Å². The van der Waals surface area contributed by atoms with Crippen LogP contribution in [0.5, 0.6) is 0 Å². The van der Waals surface area contributed by atoms with E-state index in [-0.39, 0.29) is 6.61 Å². The van der Waals surface area contributed by atoms with Crippen LogP contribution in [0.3, 0.4) is 0 Å². The van der Waals surface area contributed by atoms with Crippen LogP contribution in [-0.2, 0) is 0 Å². The number of aliphatic hydroxyl groups excluding tert-OH is 1. The van der Waals surface area contributed by atoms with Gasteiger partial charge >= 0.3 is 0 Å². The second kappa shape index (κ2) is 15.9. The maximum absolute atomic E-state index is 12.7. The fourth-order valence-corrected chi connectivity index (χ4v) is 2.47. The van der Waals surface area contributed by atoms with Gasteiger partial charge < -0.3 is 5.11 Å². The van der Waals surface area contributed by atoms with Crippen molar-refractivity contribution in [2.45, 2.75) is 103 Å². The molecule has 0 saturated heterocycles. The summed E-state index contributed by atoms with van der Waals surface area (Å²) in [6.07, 6.45) is 16.6. The van der Waals surface area contributed by atoms with E-state index >= 15 is 0 Å². The number of halogens is 1. The van der Waals surface area contributed by atoms with Crippen LogP contribution in [-0.4, -0.2) is 17.9 Å². The van der Waals surface area contributed by atoms with Crippen LogP contribution in [0.2, 0.25) is 0 Å². The first-order chi connectivity index (χ1) is 9.31. The first-order valence-corrected chi connectivity index (χ1v) is 8.56. The highest BCUT2D eigenvalue weighted by Crippen LogP contribution is 2.13. The van der Waals surface area contributed by atoms with E-state index in [2.05, 4.69) is 6.92 Å². The van der Waals surface area contributed by atoms with Gasteiger partial charge in [0.05, 0.1) is 6.61 Å². The van der Waals surface area contributed by atoms with Crippen molar-refractivity contribution in [1.82, 2.24) is 0 Å². The summed E-state index contributed by atoms with van der Waals surface area (Å²) >= 11 is 0. The lowest BCUT2D eigenvalue weighted by atomic mass is 10.0. The molecule has 0 amide bonds. The molecule has 0 aliphatic carbocycles. The quantitative estimate of drug-likeness (QED) is 0.374. The van der Waals surface area contributed by atoms with Crippen LogP contribution in [0, 0.1) is 0 Å². The highest BCUT2D eigenvalue weighted by atomic mass is 19.1. The molecule has 0 aromatic carbocycles. The number of aliphatic hydroxyl groups is 1. The Morgan fingerprint density at radius 3 is 1.42 bits per heavy atom. The zero-order chi connectivity index (χ0) is 14.2. The van der Waals surface area contributed by atoms with E-state index in [9.17, 15) is 4.39 Å². The lowest BCUT2D eigenvalue weighted by molar-refractivity contribution is 0.167. The second-order valence-corrected chi connectivity index (χ2v) is 5.81. The topological polar surface area (TPSA) is 20.2 Å². The summed E-state index contributed by atoms with van der Waals surface area (Å²) in [5.74, 6) is 0. The molecule has 1 N–H and O–H groups in total. The normalized spacial score (nSPS) is 12.8. The summed E-state index contributed by atoms with van der Waals surface area (Å²) in [6, 6.07) is 0. The molecule has 0 spiro atoms. The maximum atomic E-state index is 12.7. The van der Waals surface area contributed by atoms with Gasteiger partial charge in [0.2, 0.25) is 0 Å². The lowest BCUT2D eigenvalue weighted by Crippen LogP contribution is -2.04. The fraction of sp³-hybridized carbons (Fsp3) is 1.00. The van der Waals surface area contributed by atoms with E-state index in [1.807, 2.05) is 0 Å². The Morgan fingerprint density at radius 1 is 0.684 bits per heavy atom. The second-order valence-electron chi connectivity index (χ2n) is 5.81. The van der Waals surface area contributed by atoms with E-state index in [0.29, 0.717) is 6.42 Å². The third-order valence-corrected chi connectivity index (χ3v) is 3.82. The Bertz CT molecular complexity index is 161. The minimum Gasteiger partial charge on any atom is -0.393 e. The number of hydrogen-bond donors (Lipinski definition) is 1.